The highest BCUT2D eigenvalue weighted by atomic mass is 79.9. The summed E-state index contributed by atoms with van der Waals surface area (Å²) in [4.78, 5) is 0. The molecule has 0 amide bonds. The minimum Gasteiger partial charge on any atom is -0.497 e. The maximum atomic E-state index is 14.0. The van der Waals surface area contributed by atoms with E-state index in [-0.39, 0.29) is 5.82 Å². The maximum absolute atomic E-state index is 14.0. The molecule has 2 aromatic rings. The third kappa shape index (κ3) is 3.54. The standard InChI is InChI=1S/C16H17BrFNO2/c1-20-11-6-7-12(17)10(8-11)9-14(19)16-13(18)4-3-5-15(16)21-2/h3-8,14H,9,19H2,1-2H3. The van der Waals surface area contributed by atoms with Crippen LogP contribution in [0.5, 0.6) is 11.5 Å². The molecule has 1 atom stereocenters. The second kappa shape index (κ2) is 6.91. The fraction of sp³-hybridized carbons (Fsp3) is 0.250. The van der Waals surface area contributed by atoms with Crippen LogP contribution in [0, 0.1) is 5.82 Å². The van der Waals surface area contributed by atoms with Crippen molar-refractivity contribution in [3.63, 3.8) is 0 Å². The van der Waals surface area contributed by atoms with Gasteiger partial charge in [0.15, 0.2) is 0 Å². The normalized spacial score (nSPS) is 12.0. The Morgan fingerprint density at radius 2 is 1.95 bits per heavy atom. The molecular weight excluding hydrogens is 337 g/mol. The number of hydrogen-bond donors (Lipinski definition) is 1. The lowest BCUT2D eigenvalue weighted by Crippen LogP contribution is -2.16. The smallest absolute Gasteiger partial charge is 0.131 e. The van der Waals surface area contributed by atoms with Crippen LogP contribution in [0.2, 0.25) is 0 Å². The minimum absolute atomic E-state index is 0.360. The molecule has 0 spiro atoms. The average molecular weight is 354 g/mol. The average Bonchev–Trinajstić information content (AvgIpc) is 2.48. The van der Waals surface area contributed by atoms with E-state index >= 15 is 0 Å². The van der Waals surface area contributed by atoms with Gasteiger partial charge in [-0.1, -0.05) is 22.0 Å². The van der Waals surface area contributed by atoms with E-state index in [0.29, 0.717) is 17.7 Å². The molecule has 0 aromatic heterocycles. The number of methoxy groups -OCH3 is 2. The zero-order chi connectivity index (χ0) is 15.4. The number of rotatable bonds is 5. The molecule has 0 aliphatic carbocycles. The van der Waals surface area contributed by atoms with Crippen molar-refractivity contribution in [3.05, 3.63) is 57.8 Å². The number of ether oxygens (including phenoxy) is 2. The Bertz CT molecular complexity index is 634. The van der Waals surface area contributed by atoms with Crippen LogP contribution in [0.4, 0.5) is 4.39 Å². The van der Waals surface area contributed by atoms with Crippen LogP contribution in [0.15, 0.2) is 40.9 Å². The highest BCUT2D eigenvalue weighted by Crippen LogP contribution is 2.31. The van der Waals surface area contributed by atoms with E-state index in [0.717, 1.165) is 15.8 Å². The summed E-state index contributed by atoms with van der Waals surface area (Å²) < 4.78 is 25.4. The van der Waals surface area contributed by atoms with E-state index in [1.54, 1.807) is 19.2 Å². The topological polar surface area (TPSA) is 44.5 Å². The van der Waals surface area contributed by atoms with E-state index in [9.17, 15) is 4.39 Å². The van der Waals surface area contributed by atoms with Gasteiger partial charge >= 0.3 is 0 Å². The van der Waals surface area contributed by atoms with Gasteiger partial charge in [0, 0.05) is 16.1 Å². The van der Waals surface area contributed by atoms with Gasteiger partial charge < -0.3 is 15.2 Å². The van der Waals surface area contributed by atoms with Gasteiger partial charge in [-0.15, -0.1) is 0 Å². The van der Waals surface area contributed by atoms with Crippen molar-refractivity contribution in [2.24, 2.45) is 5.73 Å². The van der Waals surface area contributed by atoms with Crippen molar-refractivity contribution < 1.29 is 13.9 Å². The highest BCUT2D eigenvalue weighted by molar-refractivity contribution is 9.10. The maximum Gasteiger partial charge on any atom is 0.131 e. The van der Waals surface area contributed by atoms with Crippen LogP contribution < -0.4 is 15.2 Å². The zero-order valence-corrected chi connectivity index (χ0v) is 13.5. The van der Waals surface area contributed by atoms with Gasteiger partial charge in [-0.25, -0.2) is 4.39 Å². The first-order valence-electron chi connectivity index (χ1n) is 6.47. The molecule has 2 aromatic carbocycles. The Hall–Kier alpha value is -1.59. The van der Waals surface area contributed by atoms with Crippen LogP contribution in [-0.4, -0.2) is 14.2 Å². The molecule has 21 heavy (non-hydrogen) atoms. The summed E-state index contributed by atoms with van der Waals surface area (Å²) in [7, 11) is 3.11. The summed E-state index contributed by atoms with van der Waals surface area (Å²) in [5, 5.41) is 0. The van der Waals surface area contributed by atoms with Crippen molar-refractivity contribution in [1.82, 2.24) is 0 Å². The summed E-state index contributed by atoms with van der Waals surface area (Å²) in [6.45, 7) is 0. The SMILES string of the molecule is COc1ccc(Br)c(CC(N)c2c(F)cccc2OC)c1. The van der Waals surface area contributed by atoms with Crippen molar-refractivity contribution in [3.8, 4) is 11.5 Å². The molecule has 5 heteroatoms. The third-order valence-electron chi connectivity index (χ3n) is 3.30. The lowest BCUT2D eigenvalue weighted by molar-refractivity contribution is 0.398. The van der Waals surface area contributed by atoms with Gasteiger partial charge in [-0.3, -0.25) is 0 Å². The fourth-order valence-electron chi connectivity index (χ4n) is 2.23. The molecule has 1 unspecified atom stereocenters. The van der Waals surface area contributed by atoms with Crippen LogP contribution in [0.1, 0.15) is 17.2 Å². The number of hydrogen-bond acceptors (Lipinski definition) is 3. The molecule has 0 bridgehead atoms. The summed E-state index contributed by atoms with van der Waals surface area (Å²) >= 11 is 3.48. The second-order valence-corrected chi connectivity index (χ2v) is 5.48. The molecule has 2 N–H and O–H groups in total. The second-order valence-electron chi connectivity index (χ2n) is 4.62. The predicted octanol–water partition coefficient (Wildman–Crippen LogP) is 3.85. The van der Waals surface area contributed by atoms with Gasteiger partial charge in [-0.2, -0.15) is 0 Å². The Balaban J connectivity index is 2.32. The molecule has 112 valence electrons. The lowest BCUT2D eigenvalue weighted by atomic mass is 9.98. The molecule has 0 radical (unpaired) electrons. The first-order chi connectivity index (χ1) is 10.1. The van der Waals surface area contributed by atoms with Crippen LogP contribution in [0.25, 0.3) is 0 Å². The Morgan fingerprint density at radius 1 is 1.19 bits per heavy atom. The van der Waals surface area contributed by atoms with E-state index in [1.807, 2.05) is 18.2 Å². The van der Waals surface area contributed by atoms with Crippen molar-refractivity contribution in [2.75, 3.05) is 14.2 Å². The summed E-state index contributed by atoms with van der Waals surface area (Å²) in [5.41, 5.74) is 7.52. The summed E-state index contributed by atoms with van der Waals surface area (Å²) in [6, 6.07) is 9.81. The Morgan fingerprint density at radius 3 is 2.62 bits per heavy atom. The van der Waals surface area contributed by atoms with Crippen LogP contribution >= 0.6 is 15.9 Å². The summed E-state index contributed by atoms with van der Waals surface area (Å²) in [5.74, 6) is 0.836. The number of benzene rings is 2. The van der Waals surface area contributed by atoms with Gasteiger partial charge in [0.1, 0.15) is 17.3 Å². The molecule has 2 rings (SSSR count). The van der Waals surface area contributed by atoms with E-state index in [1.165, 1.54) is 13.2 Å². The van der Waals surface area contributed by atoms with Crippen molar-refractivity contribution >= 4 is 15.9 Å². The quantitative estimate of drug-likeness (QED) is 0.887. The monoisotopic (exact) mass is 353 g/mol. The van der Waals surface area contributed by atoms with Crippen LogP contribution in [0.3, 0.4) is 0 Å². The third-order valence-corrected chi connectivity index (χ3v) is 4.07. The molecule has 0 aliphatic heterocycles. The van der Waals surface area contributed by atoms with E-state index in [4.69, 9.17) is 15.2 Å². The van der Waals surface area contributed by atoms with Gasteiger partial charge in [-0.05, 0) is 42.3 Å². The molecular formula is C16H17BrFNO2. The van der Waals surface area contributed by atoms with Crippen molar-refractivity contribution in [1.29, 1.82) is 0 Å². The predicted molar refractivity (Wildman–Crippen MR) is 84.3 cm³/mol. The van der Waals surface area contributed by atoms with E-state index < -0.39 is 6.04 Å². The molecule has 0 heterocycles. The number of nitrogens with two attached hydrogens (primary N) is 1. The highest BCUT2D eigenvalue weighted by Gasteiger charge is 2.18. The van der Waals surface area contributed by atoms with Crippen molar-refractivity contribution in [2.45, 2.75) is 12.5 Å². The molecule has 0 aliphatic rings. The zero-order valence-electron chi connectivity index (χ0n) is 11.9. The minimum atomic E-state index is -0.510. The largest absolute Gasteiger partial charge is 0.497 e. The molecule has 3 nitrogen and oxygen atoms in total. The first kappa shape index (κ1) is 15.8. The summed E-state index contributed by atoms with van der Waals surface area (Å²) in [6.07, 6.45) is 0.467. The Labute approximate surface area is 132 Å². The van der Waals surface area contributed by atoms with Gasteiger partial charge in [0.25, 0.3) is 0 Å². The molecule has 0 saturated heterocycles. The van der Waals surface area contributed by atoms with Gasteiger partial charge in [0.05, 0.1) is 14.2 Å². The molecule has 0 fully saturated rings. The van der Waals surface area contributed by atoms with E-state index in [2.05, 4.69) is 15.9 Å². The fourth-order valence-corrected chi connectivity index (χ4v) is 2.64. The first-order valence-corrected chi connectivity index (χ1v) is 7.26. The Kier molecular flexibility index (Phi) is 5.20. The van der Waals surface area contributed by atoms with Gasteiger partial charge in [0.2, 0.25) is 0 Å². The van der Waals surface area contributed by atoms with Crippen LogP contribution in [-0.2, 0) is 6.42 Å². The molecule has 0 saturated carbocycles. The number of halogens is 2. The lowest BCUT2D eigenvalue weighted by Gasteiger charge is -2.17.